The smallest absolute Gasteiger partial charge is 0.342 e. The van der Waals surface area contributed by atoms with E-state index in [9.17, 15) is 20.0 Å². The van der Waals surface area contributed by atoms with E-state index in [2.05, 4.69) is 0 Å². The lowest BCUT2D eigenvalue weighted by atomic mass is 10.0. The van der Waals surface area contributed by atoms with Crippen LogP contribution in [0.3, 0.4) is 0 Å². The molecule has 8 heteroatoms. The monoisotopic (exact) mass is 252 g/mol. The molecule has 2 atom stereocenters. The maximum Gasteiger partial charge on any atom is 0.342 e. The number of benzene rings is 1. The molecule has 0 radical (unpaired) electrons. The number of aliphatic hydroxyl groups is 2. The van der Waals surface area contributed by atoms with E-state index in [4.69, 9.17) is 15.5 Å². The summed E-state index contributed by atoms with van der Waals surface area (Å²) in [6, 6.07) is 4.20. The molecule has 18 heavy (non-hydrogen) atoms. The second-order valence-electron chi connectivity index (χ2n) is 3.36. The predicted molar refractivity (Wildman–Crippen MR) is 56.6 cm³/mol. The molecule has 1 aromatic carbocycles. The molecule has 0 aromatic heterocycles. The second-order valence-corrected chi connectivity index (χ2v) is 3.36. The zero-order valence-corrected chi connectivity index (χ0v) is 8.85. The molecule has 0 fully saturated rings. The van der Waals surface area contributed by atoms with E-state index in [0.717, 1.165) is 18.2 Å². The summed E-state index contributed by atoms with van der Waals surface area (Å²) in [6.07, 6.45) is -3.37. The largest absolute Gasteiger partial charge is 0.477 e. The molecule has 3 N–H and O–H groups in total. The Morgan fingerprint density at radius 3 is 2.50 bits per heavy atom. The van der Waals surface area contributed by atoms with Crippen LogP contribution in [0.1, 0.15) is 22.0 Å². The summed E-state index contributed by atoms with van der Waals surface area (Å²) in [4.78, 5) is 20.5. The van der Waals surface area contributed by atoms with Gasteiger partial charge in [0.2, 0.25) is 0 Å². The number of hydrogen-bond acceptors (Lipinski definition) is 6. The van der Waals surface area contributed by atoms with Crippen molar-refractivity contribution < 1.29 is 25.0 Å². The van der Waals surface area contributed by atoms with Crippen LogP contribution in [0, 0.1) is 21.4 Å². The molecule has 0 heterocycles. The Balaban J connectivity index is 3.28. The van der Waals surface area contributed by atoms with Gasteiger partial charge in [0, 0.05) is 6.07 Å². The summed E-state index contributed by atoms with van der Waals surface area (Å²) in [7, 11) is 0. The summed E-state index contributed by atoms with van der Waals surface area (Å²) in [6.45, 7) is 0. The molecule has 8 nitrogen and oxygen atoms in total. The Morgan fingerprint density at radius 2 is 2.06 bits per heavy atom. The van der Waals surface area contributed by atoms with E-state index in [1.807, 2.05) is 0 Å². The number of aliphatic hydroxyl groups excluding tert-OH is 2. The fourth-order valence-electron chi connectivity index (χ4n) is 1.32. The van der Waals surface area contributed by atoms with Crippen LogP contribution in [0.15, 0.2) is 18.2 Å². The van der Waals surface area contributed by atoms with Gasteiger partial charge in [0.15, 0.2) is 6.10 Å². The number of carboxylic acids is 1. The number of rotatable bonds is 4. The van der Waals surface area contributed by atoms with Crippen LogP contribution >= 0.6 is 0 Å². The Hall–Kier alpha value is -2.50. The Labute approximate surface area is 100 Å². The molecular formula is C10H8N2O6. The van der Waals surface area contributed by atoms with Crippen molar-refractivity contribution in [3.8, 4) is 6.07 Å². The average Bonchev–Trinajstić information content (AvgIpc) is 2.35. The summed E-state index contributed by atoms with van der Waals surface area (Å²) in [5.74, 6) is -1.54. The molecule has 0 aliphatic heterocycles. The van der Waals surface area contributed by atoms with Crippen molar-refractivity contribution in [2.24, 2.45) is 0 Å². The van der Waals surface area contributed by atoms with Gasteiger partial charge in [-0.3, -0.25) is 10.1 Å². The minimum atomic E-state index is -1.74. The first kappa shape index (κ1) is 13.6. The van der Waals surface area contributed by atoms with Crippen molar-refractivity contribution in [1.82, 2.24) is 0 Å². The van der Waals surface area contributed by atoms with E-state index in [1.165, 1.54) is 6.07 Å². The predicted octanol–water partition coefficient (Wildman–Crippen LogP) is 0.211. The van der Waals surface area contributed by atoms with Gasteiger partial charge < -0.3 is 15.3 Å². The number of hydrogen-bond donors (Lipinski definition) is 3. The Kier molecular flexibility index (Phi) is 3.93. The highest BCUT2D eigenvalue weighted by Gasteiger charge is 2.24. The number of nitro benzene ring substituents is 1. The van der Waals surface area contributed by atoms with Gasteiger partial charge in [0.1, 0.15) is 11.7 Å². The fourth-order valence-corrected chi connectivity index (χ4v) is 1.32. The third kappa shape index (κ3) is 2.60. The van der Waals surface area contributed by atoms with Crippen molar-refractivity contribution in [3.63, 3.8) is 0 Å². The average molecular weight is 252 g/mol. The molecule has 2 unspecified atom stereocenters. The lowest BCUT2D eigenvalue weighted by Gasteiger charge is -2.12. The van der Waals surface area contributed by atoms with E-state index < -0.39 is 34.4 Å². The lowest BCUT2D eigenvalue weighted by molar-refractivity contribution is -0.385. The number of nitro groups is 1. The third-order valence-corrected chi connectivity index (χ3v) is 2.22. The quantitative estimate of drug-likeness (QED) is 0.394. The van der Waals surface area contributed by atoms with Crippen LogP contribution in [0.5, 0.6) is 0 Å². The van der Waals surface area contributed by atoms with Gasteiger partial charge >= 0.3 is 5.97 Å². The van der Waals surface area contributed by atoms with Crippen LogP contribution in [0.25, 0.3) is 0 Å². The highest BCUT2D eigenvalue weighted by atomic mass is 16.6. The Bertz CT molecular complexity index is 536. The van der Waals surface area contributed by atoms with Crippen LogP contribution in [-0.2, 0) is 0 Å². The molecule has 0 amide bonds. The molecule has 94 valence electrons. The number of carboxylic acid groups (broad SMARTS) is 1. The van der Waals surface area contributed by atoms with Gasteiger partial charge in [-0.15, -0.1) is 0 Å². The number of nitrogens with zero attached hydrogens (tertiary/aromatic N) is 2. The minimum Gasteiger partial charge on any atom is -0.477 e. The van der Waals surface area contributed by atoms with Gasteiger partial charge in [0.05, 0.1) is 11.0 Å². The zero-order chi connectivity index (χ0) is 13.9. The van der Waals surface area contributed by atoms with Crippen molar-refractivity contribution in [2.45, 2.75) is 12.2 Å². The summed E-state index contributed by atoms with van der Waals surface area (Å²) < 4.78 is 0. The minimum absolute atomic E-state index is 0.0907. The van der Waals surface area contributed by atoms with Crippen LogP contribution in [0.4, 0.5) is 5.69 Å². The standard InChI is InChI=1S/C10H8N2O6/c11-4-8(13)9(14)5-1-2-7(12(17)18)6(3-5)10(15)16/h1-3,8-9,13-14H,(H,15,16). The lowest BCUT2D eigenvalue weighted by Crippen LogP contribution is -2.16. The first-order valence-electron chi connectivity index (χ1n) is 4.66. The third-order valence-electron chi connectivity index (χ3n) is 2.22. The zero-order valence-electron chi connectivity index (χ0n) is 8.85. The normalized spacial score (nSPS) is 13.4. The van der Waals surface area contributed by atoms with Crippen LogP contribution in [-0.4, -0.2) is 32.3 Å². The Morgan fingerprint density at radius 1 is 1.44 bits per heavy atom. The summed E-state index contributed by atoms with van der Waals surface area (Å²) in [5.41, 5.74) is -1.35. The van der Waals surface area contributed by atoms with E-state index in [1.54, 1.807) is 0 Å². The maximum absolute atomic E-state index is 10.8. The van der Waals surface area contributed by atoms with E-state index in [-0.39, 0.29) is 5.56 Å². The molecular weight excluding hydrogens is 244 g/mol. The molecule has 0 saturated carbocycles. The first-order valence-corrected chi connectivity index (χ1v) is 4.66. The fraction of sp³-hybridized carbons (Fsp3) is 0.200. The van der Waals surface area contributed by atoms with Crippen molar-refractivity contribution in [2.75, 3.05) is 0 Å². The van der Waals surface area contributed by atoms with Gasteiger partial charge in [-0.2, -0.15) is 5.26 Å². The van der Waals surface area contributed by atoms with Crippen molar-refractivity contribution in [1.29, 1.82) is 5.26 Å². The van der Waals surface area contributed by atoms with Gasteiger partial charge in [-0.05, 0) is 17.7 Å². The summed E-state index contributed by atoms with van der Waals surface area (Å²) in [5, 5.41) is 46.4. The molecule has 1 rings (SSSR count). The van der Waals surface area contributed by atoms with E-state index >= 15 is 0 Å². The molecule has 0 saturated heterocycles. The molecule has 0 spiro atoms. The second kappa shape index (κ2) is 5.22. The van der Waals surface area contributed by atoms with Gasteiger partial charge in [0.25, 0.3) is 5.69 Å². The van der Waals surface area contributed by atoms with Crippen molar-refractivity contribution in [3.05, 3.63) is 39.4 Å². The SMILES string of the molecule is N#CC(O)C(O)c1ccc([N+](=O)[O-])c(C(=O)O)c1. The molecule has 0 aliphatic carbocycles. The molecule has 0 bridgehead atoms. The number of carbonyl (C=O) groups is 1. The van der Waals surface area contributed by atoms with Gasteiger partial charge in [-0.25, -0.2) is 4.79 Å². The first-order chi connectivity index (χ1) is 8.38. The van der Waals surface area contributed by atoms with E-state index in [0.29, 0.717) is 0 Å². The molecule has 1 aromatic rings. The van der Waals surface area contributed by atoms with Gasteiger partial charge in [-0.1, -0.05) is 0 Å². The topological polar surface area (TPSA) is 145 Å². The number of aromatic carboxylic acids is 1. The highest BCUT2D eigenvalue weighted by molar-refractivity contribution is 5.92. The van der Waals surface area contributed by atoms with Crippen LogP contribution in [0.2, 0.25) is 0 Å². The summed E-state index contributed by atoms with van der Waals surface area (Å²) >= 11 is 0. The van der Waals surface area contributed by atoms with Crippen LogP contribution < -0.4 is 0 Å². The number of nitriles is 1. The van der Waals surface area contributed by atoms with Crippen molar-refractivity contribution >= 4 is 11.7 Å². The molecule has 0 aliphatic rings. The maximum atomic E-state index is 10.8. The highest BCUT2D eigenvalue weighted by Crippen LogP contribution is 2.25.